The molecule has 0 aliphatic heterocycles. The molecule has 4 nitrogen and oxygen atoms in total. The van der Waals surface area contributed by atoms with Gasteiger partial charge in [0.05, 0.1) is 0 Å². The Balaban J connectivity index is 3.88. The average Bonchev–Trinajstić information content (AvgIpc) is 2.20. The van der Waals surface area contributed by atoms with E-state index in [1.165, 1.54) is 0 Å². The van der Waals surface area contributed by atoms with E-state index in [1.807, 2.05) is 13.1 Å². The van der Waals surface area contributed by atoms with Crippen molar-refractivity contribution in [3.8, 4) is 0 Å². The van der Waals surface area contributed by atoms with Gasteiger partial charge in [-0.05, 0) is 0 Å². The summed E-state index contributed by atoms with van der Waals surface area (Å²) in [6.45, 7) is 7.92. The molecule has 0 unspecified atom stereocenters. The number of halogens is 1. The molecule has 0 saturated carbocycles. The van der Waals surface area contributed by atoms with Crippen molar-refractivity contribution < 1.29 is 17.6 Å². The molecular weight excluding hydrogens is 375 g/mol. The molecular formula is C9H18BrO4PS2Si. The van der Waals surface area contributed by atoms with Crippen LogP contribution >= 0.6 is 34.8 Å². The number of carbonyl (C=O) groups is 1. The van der Waals surface area contributed by atoms with Crippen LogP contribution in [-0.2, 0) is 22.2 Å². The number of rotatable bonds is 7. The van der Waals surface area contributed by atoms with Crippen LogP contribution in [0.5, 0.6) is 0 Å². The van der Waals surface area contributed by atoms with Gasteiger partial charge in [-0.3, -0.25) is 0 Å². The van der Waals surface area contributed by atoms with Crippen LogP contribution in [0.2, 0.25) is 19.1 Å². The van der Waals surface area contributed by atoms with Crippen molar-refractivity contribution in [1.29, 1.82) is 0 Å². The monoisotopic (exact) mass is 392 g/mol. The molecule has 0 aromatic carbocycles. The minimum atomic E-state index is -1.87. The fraction of sp³-hybridized carbons (Fsp3) is 0.889. The summed E-state index contributed by atoms with van der Waals surface area (Å²) in [4.78, 5) is 11.5. The maximum absolute atomic E-state index is 11.5. The quantitative estimate of drug-likeness (QED) is 0.125. The SMILES string of the molecule is CC(C)(Br)C(=O)OCCC[Si](C)(C)OSS(=O)#P. The third-order valence-electron chi connectivity index (χ3n) is 1.96. The van der Waals surface area contributed by atoms with E-state index in [9.17, 15) is 9.00 Å². The first-order valence-corrected chi connectivity index (χ1v) is 12.7. The summed E-state index contributed by atoms with van der Waals surface area (Å²) in [7, 11) is 0.563. The fourth-order valence-electron chi connectivity index (χ4n) is 0.997. The third-order valence-corrected chi connectivity index (χ3v) is 7.54. The molecule has 0 rings (SSSR count). The predicted molar refractivity (Wildman–Crippen MR) is 84.6 cm³/mol. The minimum absolute atomic E-state index is 0.270. The number of alkyl halides is 1. The van der Waals surface area contributed by atoms with E-state index in [1.54, 1.807) is 13.8 Å². The first-order chi connectivity index (χ1) is 8.04. The van der Waals surface area contributed by atoms with Gasteiger partial charge in [0.2, 0.25) is 0 Å². The van der Waals surface area contributed by atoms with E-state index in [2.05, 4.69) is 23.7 Å². The zero-order valence-electron chi connectivity index (χ0n) is 10.9. The number of carbonyl (C=O) groups excluding carboxylic acids is 1. The van der Waals surface area contributed by atoms with Gasteiger partial charge in [0.25, 0.3) is 0 Å². The van der Waals surface area contributed by atoms with E-state index >= 15 is 0 Å². The molecule has 9 heteroatoms. The second-order valence-corrected chi connectivity index (χ2v) is 15.1. The third kappa shape index (κ3) is 9.80. The maximum atomic E-state index is 11.5. The van der Waals surface area contributed by atoms with Crippen LogP contribution in [0.1, 0.15) is 20.3 Å². The van der Waals surface area contributed by atoms with Gasteiger partial charge in [-0.2, -0.15) is 0 Å². The molecule has 0 saturated heterocycles. The molecule has 0 heterocycles. The van der Waals surface area contributed by atoms with Crippen molar-refractivity contribution in [2.45, 2.75) is 43.7 Å². The number of hydrogen-bond acceptors (Lipinski definition) is 5. The van der Waals surface area contributed by atoms with Crippen molar-refractivity contribution in [2.75, 3.05) is 6.61 Å². The Bertz CT molecular complexity index is 404. The van der Waals surface area contributed by atoms with Crippen LogP contribution in [0.3, 0.4) is 0 Å². The van der Waals surface area contributed by atoms with Gasteiger partial charge in [-0.1, -0.05) is 0 Å². The molecule has 0 spiro atoms. The molecule has 18 heavy (non-hydrogen) atoms. The zero-order valence-corrected chi connectivity index (χ0v) is 16.0. The van der Waals surface area contributed by atoms with Gasteiger partial charge >= 0.3 is 126 Å². The van der Waals surface area contributed by atoms with Crippen LogP contribution in [-0.4, -0.2) is 29.4 Å². The summed E-state index contributed by atoms with van der Waals surface area (Å²) in [5.41, 5.74) is 0. The van der Waals surface area contributed by atoms with E-state index in [0.717, 1.165) is 23.5 Å². The normalized spacial score (nSPS) is 12.2. The Morgan fingerprint density at radius 1 is 1.50 bits per heavy atom. The summed E-state index contributed by atoms with van der Waals surface area (Å²) < 4.78 is 20.8. The van der Waals surface area contributed by atoms with Gasteiger partial charge in [0, 0.05) is 0 Å². The summed E-state index contributed by atoms with van der Waals surface area (Å²) >= 11 is 4.13. The van der Waals surface area contributed by atoms with Crippen LogP contribution in [0, 0.1) is 0 Å². The fourth-order valence-corrected chi connectivity index (χ4v) is 6.41. The van der Waals surface area contributed by atoms with E-state index < -0.39 is 21.4 Å². The van der Waals surface area contributed by atoms with Crippen LogP contribution in [0.15, 0.2) is 0 Å². The van der Waals surface area contributed by atoms with Gasteiger partial charge in [0.1, 0.15) is 0 Å². The first kappa shape index (κ1) is 18.9. The Labute approximate surface area is 125 Å². The topological polar surface area (TPSA) is 52.6 Å². The second kappa shape index (κ2) is 8.27. The molecule has 0 bridgehead atoms. The predicted octanol–water partition coefficient (Wildman–Crippen LogP) is 3.95. The van der Waals surface area contributed by atoms with Gasteiger partial charge in [0.15, 0.2) is 0 Å². The molecule has 0 aromatic heterocycles. The molecule has 0 radical (unpaired) electrons. The summed E-state index contributed by atoms with van der Waals surface area (Å²) in [6.07, 6.45) is 0.744. The molecule has 106 valence electrons. The molecule has 0 aromatic rings. The summed E-state index contributed by atoms with van der Waals surface area (Å²) in [5.74, 6) is -0.270. The Morgan fingerprint density at radius 2 is 2.06 bits per heavy atom. The number of ether oxygens (including phenoxy) is 1. The Kier molecular flexibility index (Phi) is 8.69. The van der Waals surface area contributed by atoms with Gasteiger partial charge in [-0.15, -0.1) is 0 Å². The van der Waals surface area contributed by atoms with E-state index in [4.69, 9.17) is 8.61 Å². The summed E-state index contributed by atoms with van der Waals surface area (Å²) in [5, 5.41) is 0. The summed E-state index contributed by atoms with van der Waals surface area (Å²) in [6, 6.07) is 0.834. The standard InChI is InChI=1S/C9H18BrO4PS2Si/c1-9(2,10)8(11)13-6-5-7-18(3,4)14-16-17(12)15/h5-7H2,1-4H3. The van der Waals surface area contributed by atoms with Crippen molar-refractivity contribution in [3.05, 3.63) is 0 Å². The van der Waals surface area contributed by atoms with E-state index in [-0.39, 0.29) is 5.97 Å². The first-order valence-electron chi connectivity index (χ1n) is 5.38. The van der Waals surface area contributed by atoms with Crippen molar-refractivity contribution in [3.63, 3.8) is 0 Å². The van der Waals surface area contributed by atoms with Crippen LogP contribution < -0.4 is 0 Å². The van der Waals surface area contributed by atoms with Crippen LogP contribution in [0.25, 0.3) is 0 Å². The second-order valence-electron chi connectivity index (χ2n) is 4.84. The van der Waals surface area contributed by atoms with Crippen molar-refractivity contribution in [2.24, 2.45) is 0 Å². The van der Waals surface area contributed by atoms with Crippen molar-refractivity contribution in [1.82, 2.24) is 0 Å². The van der Waals surface area contributed by atoms with Gasteiger partial charge < -0.3 is 0 Å². The molecule has 0 N–H and O–H groups in total. The molecule has 0 aliphatic carbocycles. The number of esters is 1. The Morgan fingerprint density at radius 3 is 2.50 bits per heavy atom. The van der Waals surface area contributed by atoms with Crippen molar-refractivity contribution >= 4 is 57.9 Å². The number of hydrogen-bond donors (Lipinski definition) is 0. The van der Waals surface area contributed by atoms with Gasteiger partial charge in [-0.25, -0.2) is 0 Å². The zero-order chi connectivity index (χ0) is 14.4. The molecule has 0 aliphatic rings. The molecule has 0 atom stereocenters. The Hall–Kier alpha value is 0.927. The van der Waals surface area contributed by atoms with E-state index in [0.29, 0.717) is 6.61 Å². The average molecular weight is 393 g/mol. The molecule has 0 amide bonds. The molecule has 0 fully saturated rings. The van der Waals surface area contributed by atoms with Crippen LogP contribution in [0.4, 0.5) is 0 Å².